The number of hydrogen-bond donors (Lipinski definition) is 2. The number of phenolic OH excluding ortho intramolecular Hbond substituents is 1. The molecule has 0 spiro atoms. The molecule has 2 rings (SSSR count). The van der Waals surface area contributed by atoms with Gasteiger partial charge in [-0.3, -0.25) is 0 Å². The Morgan fingerprint density at radius 2 is 1.94 bits per heavy atom. The van der Waals surface area contributed by atoms with Crippen LogP contribution in [0.5, 0.6) is 11.5 Å². The van der Waals surface area contributed by atoms with E-state index in [0.29, 0.717) is 18.6 Å². The molecular weight excluding hydrogens is 228 g/mol. The van der Waals surface area contributed by atoms with Crippen LogP contribution in [0.15, 0.2) is 24.3 Å². The normalized spacial score (nSPS) is 27.7. The highest BCUT2D eigenvalue weighted by Crippen LogP contribution is 2.35. The molecule has 0 bridgehead atoms. The van der Waals surface area contributed by atoms with E-state index in [-0.39, 0.29) is 12.2 Å². The first kappa shape index (κ1) is 12.1. The molecule has 1 aliphatic carbocycles. The molecule has 0 heterocycles. The first-order chi connectivity index (χ1) is 7.99. The van der Waals surface area contributed by atoms with Gasteiger partial charge in [0, 0.05) is 12.5 Å². The first-order valence-electron chi connectivity index (χ1n) is 5.58. The van der Waals surface area contributed by atoms with E-state index in [9.17, 15) is 8.78 Å². The van der Waals surface area contributed by atoms with Gasteiger partial charge in [0.25, 0.3) is 5.92 Å². The Bertz CT molecular complexity index is 381. The van der Waals surface area contributed by atoms with Gasteiger partial charge in [-0.2, -0.15) is 0 Å². The van der Waals surface area contributed by atoms with Crippen molar-refractivity contribution < 1.29 is 18.6 Å². The molecule has 1 saturated carbocycles. The van der Waals surface area contributed by atoms with Crippen LogP contribution in [0.2, 0.25) is 0 Å². The van der Waals surface area contributed by atoms with Crippen molar-refractivity contribution in [1.82, 2.24) is 0 Å². The third-order valence-electron chi connectivity index (χ3n) is 2.95. The van der Waals surface area contributed by atoms with Crippen LogP contribution in [0.25, 0.3) is 0 Å². The van der Waals surface area contributed by atoms with Crippen LogP contribution in [0.1, 0.15) is 19.3 Å². The van der Waals surface area contributed by atoms with Crippen LogP contribution < -0.4 is 10.5 Å². The summed E-state index contributed by atoms with van der Waals surface area (Å²) >= 11 is 0. The Hall–Kier alpha value is -1.36. The summed E-state index contributed by atoms with van der Waals surface area (Å²) in [5.41, 5.74) is 5.68. The van der Waals surface area contributed by atoms with Crippen molar-refractivity contribution in [3.8, 4) is 11.5 Å². The molecule has 2 atom stereocenters. The SMILES string of the molecule is NC1CCCC(F)(F)C1Oc1ccc(O)cc1. The van der Waals surface area contributed by atoms with Crippen molar-refractivity contribution in [2.75, 3.05) is 0 Å². The summed E-state index contributed by atoms with van der Waals surface area (Å²) < 4.78 is 32.5. The third kappa shape index (κ3) is 2.66. The molecular formula is C12H15F2NO2. The zero-order valence-electron chi connectivity index (χ0n) is 9.27. The van der Waals surface area contributed by atoms with Crippen molar-refractivity contribution in [2.45, 2.75) is 37.3 Å². The fraction of sp³-hybridized carbons (Fsp3) is 0.500. The Balaban J connectivity index is 2.12. The maximum atomic E-state index is 13.6. The monoisotopic (exact) mass is 243 g/mol. The van der Waals surface area contributed by atoms with Crippen molar-refractivity contribution in [1.29, 1.82) is 0 Å². The smallest absolute Gasteiger partial charge is 0.285 e. The van der Waals surface area contributed by atoms with Gasteiger partial charge < -0.3 is 15.6 Å². The van der Waals surface area contributed by atoms with E-state index in [4.69, 9.17) is 15.6 Å². The summed E-state index contributed by atoms with van der Waals surface area (Å²) in [7, 11) is 0. The molecule has 3 nitrogen and oxygen atoms in total. The number of halogens is 2. The minimum atomic E-state index is -2.89. The molecule has 2 unspecified atom stereocenters. The molecule has 0 aromatic heterocycles. The standard InChI is InChI=1S/C12H15F2NO2/c13-12(14)7-1-2-10(15)11(12)17-9-5-3-8(16)4-6-9/h3-6,10-11,16H,1-2,7,15H2. The molecule has 1 aliphatic rings. The van der Waals surface area contributed by atoms with E-state index in [1.165, 1.54) is 24.3 Å². The number of hydrogen-bond acceptors (Lipinski definition) is 3. The lowest BCUT2D eigenvalue weighted by atomic mass is 9.89. The van der Waals surface area contributed by atoms with E-state index in [1.807, 2.05) is 0 Å². The molecule has 1 aromatic carbocycles. The summed E-state index contributed by atoms with van der Waals surface area (Å²) in [5, 5.41) is 9.09. The third-order valence-corrected chi connectivity index (χ3v) is 2.95. The second-order valence-electron chi connectivity index (χ2n) is 4.35. The Morgan fingerprint density at radius 1 is 1.29 bits per heavy atom. The minimum absolute atomic E-state index is 0.0667. The van der Waals surface area contributed by atoms with Crippen LogP contribution >= 0.6 is 0 Å². The van der Waals surface area contributed by atoms with Gasteiger partial charge in [0.05, 0.1) is 0 Å². The van der Waals surface area contributed by atoms with Gasteiger partial charge in [0.15, 0.2) is 6.10 Å². The highest BCUT2D eigenvalue weighted by atomic mass is 19.3. The van der Waals surface area contributed by atoms with Gasteiger partial charge >= 0.3 is 0 Å². The highest BCUT2D eigenvalue weighted by Gasteiger charge is 2.47. The molecule has 1 aromatic rings. The average molecular weight is 243 g/mol. The van der Waals surface area contributed by atoms with E-state index in [1.54, 1.807) is 0 Å². The van der Waals surface area contributed by atoms with Crippen LogP contribution in [-0.4, -0.2) is 23.2 Å². The van der Waals surface area contributed by atoms with Gasteiger partial charge in [-0.15, -0.1) is 0 Å². The number of nitrogens with two attached hydrogens (primary N) is 1. The van der Waals surface area contributed by atoms with Crippen LogP contribution in [0.3, 0.4) is 0 Å². The fourth-order valence-electron chi connectivity index (χ4n) is 2.03. The number of benzene rings is 1. The van der Waals surface area contributed by atoms with E-state index >= 15 is 0 Å². The molecule has 1 fully saturated rings. The van der Waals surface area contributed by atoms with Gasteiger partial charge in [-0.05, 0) is 37.1 Å². The minimum Gasteiger partial charge on any atom is -0.508 e. The number of alkyl halides is 2. The molecule has 0 amide bonds. The van der Waals surface area contributed by atoms with Gasteiger partial charge in [0.2, 0.25) is 0 Å². The quantitative estimate of drug-likeness (QED) is 0.837. The molecule has 5 heteroatoms. The van der Waals surface area contributed by atoms with E-state index in [0.717, 1.165) is 0 Å². The van der Waals surface area contributed by atoms with Crippen molar-refractivity contribution >= 4 is 0 Å². The fourth-order valence-corrected chi connectivity index (χ4v) is 2.03. The summed E-state index contributed by atoms with van der Waals surface area (Å²) in [5.74, 6) is -2.53. The molecule has 0 saturated heterocycles. The highest BCUT2D eigenvalue weighted by molar-refractivity contribution is 5.30. The summed E-state index contributed by atoms with van der Waals surface area (Å²) in [6.07, 6.45) is -0.522. The molecule has 0 aliphatic heterocycles. The largest absolute Gasteiger partial charge is 0.508 e. The number of phenols is 1. The Labute approximate surface area is 98.2 Å². The van der Waals surface area contributed by atoms with Crippen LogP contribution in [0, 0.1) is 0 Å². The second kappa shape index (κ2) is 4.49. The van der Waals surface area contributed by atoms with Crippen molar-refractivity contribution in [3.63, 3.8) is 0 Å². The second-order valence-corrected chi connectivity index (χ2v) is 4.35. The molecule has 0 radical (unpaired) electrons. The zero-order valence-corrected chi connectivity index (χ0v) is 9.27. The lowest BCUT2D eigenvalue weighted by Crippen LogP contribution is -2.53. The van der Waals surface area contributed by atoms with E-state index < -0.39 is 18.1 Å². The lowest BCUT2D eigenvalue weighted by molar-refractivity contribution is -0.126. The molecule has 3 N–H and O–H groups in total. The maximum absolute atomic E-state index is 13.6. The number of rotatable bonds is 2. The molecule has 17 heavy (non-hydrogen) atoms. The summed E-state index contributed by atoms with van der Waals surface area (Å²) in [6.45, 7) is 0. The lowest BCUT2D eigenvalue weighted by Gasteiger charge is -2.35. The molecule has 94 valence electrons. The Kier molecular flexibility index (Phi) is 3.19. The van der Waals surface area contributed by atoms with Gasteiger partial charge in [-0.1, -0.05) is 0 Å². The number of ether oxygens (including phenoxy) is 1. The predicted molar refractivity (Wildman–Crippen MR) is 59.3 cm³/mol. The topological polar surface area (TPSA) is 55.5 Å². The van der Waals surface area contributed by atoms with Crippen LogP contribution in [-0.2, 0) is 0 Å². The summed E-state index contributed by atoms with van der Waals surface area (Å²) in [4.78, 5) is 0. The van der Waals surface area contributed by atoms with Crippen LogP contribution in [0.4, 0.5) is 8.78 Å². The summed E-state index contributed by atoms with van der Waals surface area (Å²) in [6, 6.07) is 5.02. The van der Waals surface area contributed by atoms with Crippen molar-refractivity contribution in [2.24, 2.45) is 5.73 Å². The number of aromatic hydroxyl groups is 1. The van der Waals surface area contributed by atoms with Gasteiger partial charge in [-0.25, -0.2) is 8.78 Å². The van der Waals surface area contributed by atoms with Gasteiger partial charge in [0.1, 0.15) is 11.5 Å². The Morgan fingerprint density at radius 3 is 2.53 bits per heavy atom. The predicted octanol–water partition coefficient (Wildman–Crippen LogP) is 2.29. The van der Waals surface area contributed by atoms with E-state index in [2.05, 4.69) is 0 Å². The maximum Gasteiger partial charge on any atom is 0.285 e. The van der Waals surface area contributed by atoms with Crippen molar-refractivity contribution in [3.05, 3.63) is 24.3 Å². The zero-order chi connectivity index (χ0) is 12.5. The average Bonchev–Trinajstić information content (AvgIpc) is 2.26. The first-order valence-corrected chi connectivity index (χ1v) is 5.58.